The minimum absolute atomic E-state index is 0.0301. The van der Waals surface area contributed by atoms with Crippen LogP contribution in [0, 0.1) is 0 Å². The van der Waals surface area contributed by atoms with E-state index in [-0.39, 0.29) is 12.5 Å². The van der Waals surface area contributed by atoms with Crippen molar-refractivity contribution in [1.82, 2.24) is 0 Å². The number of carbonyl (C=O) groups excluding carboxylic acids is 1. The van der Waals surface area contributed by atoms with Crippen molar-refractivity contribution in [2.45, 2.75) is 44.8 Å². The molecule has 5 N–H and O–H groups in total. The van der Waals surface area contributed by atoms with Gasteiger partial charge in [-0.2, -0.15) is 0 Å². The Labute approximate surface area is 90.8 Å². The van der Waals surface area contributed by atoms with Crippen LogP contribution in [0.4, 0.5) is 0 Å². The summed E-state index contributed by atoms with van der Waals surface area (Å²) in [6.45, 7) is 2.68. The van der Waals surface area contributed by atoms with Gasteiger partial charge in [0, 0.05) is 6.04 Å². The maximum absolute atomic E-state index is 11.0. The van der Waals surface area contributed by atoms with E-state index in [1.165, 1.54) is 0 Å². The van der Waals surface area contributed by atoms with Crippen LogP contribution < -0.4 is 11.5 Å². The van der Waals surface area contributed by atoms with Gasteiger partial charge in [-0.05, 0) is 26.3 Å². The summed E-state index contributed by atoms with van der Waals surface area (Å²) >= 11 is 0. The van der Waals surface area contributed by atoms with E-state index < -0.39 is 12.1 Å². The zero-order chi connectivity index (χ0) is 11.7. The number of unbranched alkanes of at least 4 members (excludes halogenated alkanes) is 1. The van der Waals surface area contributed by atoms with Gasteiger partial charge in [-0.15, -0.1) is 0 Å². The zero-order valence-corrected chi connectivity index (χ0v) is 9.32. The molecule has 0 aromatic carbocycles. The van der Waals surface area contributed by atoms with E-state index in [4.69, 9.17) is 16.2 Å². The van der Waals surface area contributed by atoms with Crippen molar-refractivity contribution in [3.63, 3.8) is 0 Å². The van der Waals surface area contributed by atoms with E-state index in [1.54, 1.807) is 6.92 Å². The SMILES string of the molecule is CCOC(=O)CC(O)C(N)CCCCN. The highest BCUT2D eigenvalue weighted by molar-refractivity contribution is 5.70. The minimum atomic E-state index is -0.818. The normalized spacial score (nSPS) is 14.7. The topological polar surface area (TPSA) is 98.6 Å². The average molecular weight is 218 g/mol. The van der Waals surface area contributed by atoms with Crippen LogP contribution in [0.3, 0.4) is 0 Å². The first kappa shape index (κ1) is 14.3. The summed E-state index contributed by atoms with van der Waals surface area (Å²) in [5, 5.41) is 9.56. The molecule has 0 aliphatic carbocycles. The summed E-state index contributed by atoms with van der Waals surface area (Å²) in [6, 6.07) is -0.374. The monoisotopic (exact) mass is 218 g/mol. The summed E-state index contributed by atoms with van der Waals surface area (Å²) in [4.78, 5) is 11.0. The highest BCUT2D eigenvalue weighted by Gasteiger charge is 2.18. The Kier molecular flexibility index (Phi) is 8.27. The van der Waals surface area contributed by atoms with Gasteiger partial charge in [0.2, 0.25) is 0 Å². The van der Waals surface area contributed by atoms with Gasteiger partial charge in [0.25, 0.3) is 0 Å². The molecule has 90 valence electrons. The average Bonchev–Trinajstić information content (AvgIpc) is 2.18. The molecule has 0 rings (SSSR count). The standard InChI is InChI=1S/C10H22N2O3/c1-2-15-10(14)7-9(13)8(12)5-3-4-6-11/h8-9,13H,2-7,11-12H2,1H3. The van der Waals surface area contributed by atoms with Gasteiger partial charge in [-0.25, -0.2) is 0 Å². The molecule has 0 spiro atoms. The Morgan fingerprint density at radius 3 is 2.67 bits per heavy atom. The lowest BCUT2D eigenvalue weighted by Crippen LogP contribution is -2.36. The van der Waals surface area contributed by atoms with Crippen molar-refractivity contribution in [1.29, 1.82) is 0 Å². The van der Waals surface area contributed by atoms with E-state index >= 15 is 0 Å². The Balaban J connectivity index is 3.67. The second-order valence-corrected chi connectivity index (χ2v) is 3.52. The molecule has 0 aromatic rings. The first-order valence-electron chi connectivity index (χ1n) is 5.41. The zero-order valence-electron chi connectivity index (χ0n) is 9.32. The molecular weight excluding hydrogens is 196 g/mol. The number of aliphatic hydroxyl groups excluding tert-OH is 1. The predicted molar refractivity (Wildman–Crippen MR) is 58.1 cm³/mol. The number of nitrogens with two attached hydrogens (primary N) is 2. The number of hydrogen-bond donors (Lipinski definition) is 3. The molecule has 0 saturated carbocycles. The molecule has 15 heavy (non-hydrogen) atoms. The number of ether oxygens (including phenoxy) is 1. The molecule has 0 aliphatic rings. The van der Waals surface area contributed by atoms with E-state index in [0.29, 0.717) is 19.6 Å². The van der Waals surface area contributed by atoms with Gasteiger partial charge in [0.15, 0.2) is 0 Å². The molecule has 0 heterocycles. The first-order valence-corrected chi connectivity index (χ1v) is 5.41. The maximum Gasteiger partial charge on any atom is 0.308 e. The maximum atomic E-state index is 11.0. The molecule has 2 atom stereocenters. The lowest BCUT2D eigenvalue weighted by Gasteiger charge is -2.17. The third kappa shape index (κ3) is 7.30. The quantitative estimate of drug-likeness (QED) is 0.385. The predicted octanol–water partition coefficient (Wildman–Crippen LogP) is -0.243. The summed E-state index contributed by atoms with van der Waals surface area (Å²) in [6.07, 6.45) is 1.59. The van der Waals surface area contributed by atoms with Gasteiger partial charge >= 0.3 is 5.97 Å². The van der Waals surface area contributed by atoms with Crippen molar-refractivity contribution in [3.05, 3.63) is 0 Å². The van der Waals surface area contributed by atoms with Crippen LogP contribution in [-0.4, -0.2) is 36.4 Å². The third-order valence-electron chi connectivity index (χ3n) is 2.17. The van der Waals surface area contributed by atoms with E-state index in [9.17, 15) is 9.90 Å². The number of carbonyl (C=O) groups is 1. The largest absolute Gasteiger partial charge is 0.466 e. The summed E-state index contributed by atoms with van der Waals surface area (Å²) < 4.78 is 4.71. The third-order valence-corrected chi connectivity index (χ3v) is 2.17. The molecule has 0 bridgehead atoms. The molecule has 0 amide bonds. The second kappa shape index (κ2) is 8.64. The lowest BCUT2D eigenvalue weighted by atomic mass is 10.0. The van der Waals surface area contributed by atoms with Crippen molar-refractivity contribution in [3.8, 4) is 0 Å². The molecular formula is C10H22N2O3. The van der Waals surface area contributed by atoms with Crippen LogP contribution in [0.25, 0.3) is 0 Å². The van der Waals surface area contributed by atoms with Gasteiger partial charge in [-0.3, -0.25) is 4.79 Å². The van der Waals surface area contributed by atoms with Crippen LogP contribution in [-0.2, 0) is 9.53 Å². The van der Waals surface area contributed by atoms with Crippen molar-refractivity contribution >= 4 is 5.97 Å². The molecule has 0 saturated heterocycles. The highest BCUT2D eigenvalue weighted by atomic mass is 16.5. The number of rotatable bonds is 8. The van der Waals surface area contributed by atoms with Crippen LogP contribution in [0.1, 0.15) is 32.6 Å². The van der Waals surface area contributed by atoms with Crippen LogP contribution in [0.2, 0.25) is 0 Å². The minimum Gasteiger partial charge on any atom is -0.466 e. The summed E-state index contributed by atoms with van der Waals surface area (Å²) in [5.41, 5.74) is 11.0. The Morgan fingerprint density at radius 1 is 1.47 bits per heavy atom. The van der Waals surface area contributed by atoms with E-state index in [0.717, 1.165) is 12.8 Å². The van der Waals surface area contributed by atoms with Gasteiger partial charge in [-0.1, -0.05) is 6.42 Å². The van der Waals surface area contributed by atoms with Crippen LogP contribution >= 0.6 is 0 Å². The fourth-order valence-electron chi connectivity index (χ4n) is 1.26. The van der Waals surface area contributed by atoms with Crippen LogP contribution in [0.5, 0.6) is 0 Å². The summed E-state index contributed by atoms with van der Waals surface area (Å²) in [7, 11) is 0. The molecule has 5 heteroatoms. The van der Waals surface area contributed by atoms with Crippen molar-refractivity contribution in [2.75, 3.05) is 13.2 Å². The van der Waals surface area contributed by atoms with E-state index in [2.05, 4.69) is 0 Å². The second-order valence-electron chi connectivity index (χ2n) is 3.52. The van der Waals surface area contributed by atoms with Crippen LogP contribution in [0.15, 0.2) is 0 Å². The Hall–Kier alpha value is -0.650. The van der Waals surface area contributed by atoms with Crippen molar-refractivity contribution in [2.24, 2.45) is 11.5 Å². The fraction of sp³-hybridized carbons (Fsp3) is 0.900. The Morgan fingerprint density at radius 2 is 2.13 bits per heavy atom. The Bertz CT molecular complexity index is 176. The smallest absolute Gasteiger partial charge is 0.308 e. The fourth-order valence-corrected chi connectivity index (χ4v) is 1.26. The highest BCUT2D eigenvalue weighted by Crippen LogP contribution is 2.06. The molecule has 0 aliphatic heterocycles. The van der Waals surface area contributed by atoms with Crippen molar-refractivity contribution < 1.29 is 14.6 Å². The molecule has 0 aromatic heterocycles. The van der Waals surface area contributed by atoms with Gasteiger partial charge in [0.1, 0.15) is 0 Å². The number of hydrogen-bond acceptors (Lipinski definition) is 5. The molecule has 0 radical (unpaired) electrons. The lowest BCUT2D eigenvalue weighted by molar-refractivity contribution is -0.145. The number of esters is 1. The van der Waals surface area contributed by atoms with E-state index in [1.807, 2.05) is 0 Å². The molecule has 5 nitrogen and oxygen atoms in total. The first-order chi connectivity index (χ1) is 7.11. The summed E-state index contributed by atoms with van der Waals surface area (Å²) in [5.74, 6) is -0.403. The number of aliphatic hydroxyl groups is 1. The van der Waals surface area contributed by atoms with Gasteiger partial charge in [0.05, 0.1) is 19.1 Å². The molecule has 0 fully saturated rings. The molecule has 2 unspecified atom stereocenters. The van der Waals surface area contributed by atoms with Gasteiger partial charge < -0.3 is 21.3 Å².